The van der Waals surface area contributed by atoms with Gasteiger partial charge in [0.05, 0.1) is 4.92 Å². The molecule has 0 fully saturated rings. The van der Waals surface area contributed by atoms with Crippen LogP contribution < -0.4 is 4.74 Å². The summed E-state index contributed by atoms with van der Waals surface area (Å²) < 4.78 is 5.58. The minimum absolute atomic E-state index is 0.0836. The Balaban J connectivity index is 2.24. The van der Waals surface area contributed by atoms with Crippen LogP contribution in [0, 0.1) is 24.0 Å². The van der Waals surface area contributed by atoms with Crippen LogP contribution in [0.4, 0.5) is 5.69 Å². The lowest BCUT2D eigenvalue weighted by molar-refractivity contribution is -0.385. The van der Waals surface area contributed by atoms with Crippen molar-refractivity contribution in [2.24, 2.45) is 0 Å². The average molecular weight is 292 g/mol. The highest BCUT2D eigenvalue weighted by atomic mass is 35.5. The molecule has 0 radical (unpaired) electrons. The second-order valence-corrected chi connectivity index (χ2v) is 5.02. The van der Waals surface area contributed by atoms with Gasteiger partial charge in [0.15, 0.2) is 5.75 Å². The van der Waals surface area contributed by atoms with E-state index in [-0.39, 0.29) is 18.0 Å². The summed E-state index contributed by atoms with van der Waals surface area (Å²) in [5.74, 6) is 0.184. The molecule has 4 nitrogen and oxygen atoms in total. The highest BCUT2D eigenvalue weighted by Crippen LogP contribution is 2.30. The molecule has 0 amide bonds. The normalized spacial score (nSPS) is 10.3. The van der Waals surface area contributed by atoms with Gasteiger partial charge in [0.25, 0.3) is 0 Å². The summed E-state index contributed by atoms with van der Waals surface area (Å²) in [7, 11) is 0. The molecule has 0 aliphatic carbocycles. The molecular weight excluding hydrogens is 278 g/mol. The molecule has 2 aromatic rings. The number of hydrogen-bond donors (Lipinski definition) is 0. The van der Waals surface area contributed by atoms with Crippen LogP contribution >= 0.6 is 11.6 Å². The molecule has 0 N–H and O–H groups in total. The largest absolute Gasteiger partial charge is 0.482 e. The van der Waals surface area contributed by atoms with Crippen LogP contribution in [0.15, 0.2) is 36.4 Å². The number of nitro benzene ring substituents is 1. The number of ether oxygens (including phenoxy) is 1. The number of hydrogen-bond acceptors (Lipinski definition) is 3. The van der Waals surface area contributed by atoms with Crippen molar-refractivity contribution in [1.29, 1.82) is 0 Å². The fraction of sp³-hybridized carbons (Fsp3) is 0.200. The van der Waals surface area contributed by atoms with E-state index in [9.17, 15) is 10.1 Å². The third-order valence-electron chi connectivity index (χ3n) is 3.01. The van der Waals surface area contributed by atoms with Gasteiger partial charge in [0.1, 0.15) is 6.61 Å². The molecule has 2 rings (SSSR count). The lowest BCUT2D eigenvalue weighted by Gasteiger charge is -2.10. The van der Waals surface area contributed by atoms with Gasteiger partial charge >= 0.3 is 5.69 Å². The van der Waals surface area contributed by atoms with E-state index in [1.165, 1.54) is 18.2 Å². The smallest absolute Gasteiger partial charge is 0.311 e. The molecule has 0 saturated carbocycles. The quantitative estimate of drug-likeness (QED) is 0.618. The Bertz CT molecular complexity index is 656. The molecule has 104 valence electrons. The van der Waals surface area contributed by atoms with E-state index in [1.807, 2.05) is 32.0 Å². The SMILES string of the molecule is Cc1ccc(C)c(COc2cc(Cl)ccc2[N+](=O)[O-])c1. The summed E-state index contributed by atoms with van der Waals surface area (Å²) in [4.78, 5) is 10.5. The maximum absolute atomic E-state index is 10.9. The zero-order chi connectivity index (χ0) is 14.7. The van der Waals surface area contributed by atoms with Gasteiger partial charge in [-0.25, -0.2) is 0 Å². The summed E-state index contributed by atoms with van der Waals surface area (Å²) >= 11 is 5.86. The van der Waals surface area contributed by atoms with E-state index in [1.54, 1.807) is 0 Å². The summed E-state index contributed by atoms with van der Waals surface area (Å²) in [6.45, 7) is 4.24. The molecule has 5 heteroatoms. The van der Waals surface area contributed by atoms with Crippen molar-refractivity contribution < 1.29 is 9.66 Å². The highest BCUT2D eigenvalue weighted by Gasteiger charge is 2.15. The molecule has 0 spiro atoms. The Morgan fingerprint density at radius 1 is 1.20 bits per heavy atom. The fourth-order valence-corrected chi connectivity index (χ4v) is 2.03. The molecule has 20 heavy (non-hydrogen) atoms. The van der Waals surface area contributed by atoms with Crippen LogP contribution in [0.2, 0.25) is 5.02 Å². The minimum Gasteiger partial charge on any atom is -0.482 e. The maximum atomic E-state index is 10.9. The van der Waals surface area contributed by atoms with Crippen molar-refractivity contribution in [2.45, 2.75) is 20.5 Å². The molecule has 0 aliphatic rings. The standard InChI is InChI=1S/C15H14ClNO3/c1-10-3-4-11(2)12(7-10)9-20-15-8-13(16)5-6-14(15)17(18)19/h3-8H,9H2,1-2H3. The Morgan fingerprint density at radius 3 is 2.65 bits per heavy atom. The van der Waals surface area contributed by atoms with Crippen molar-refractivity contribution in [3.05, 3.63) is 68.2 Å². The molecule has 0 bridgehead atoms. The molecule has 0 aliphatic heterocycles. The van der Waals surface area contributed by atoms with E-state index < -0.39 is 4.92 Å². The van der Waals surface area contributed by atoms with Crippen LogP contribution in [0.1, 0.15) is 16.7 Å². The van der Waals surface area contributed by atoms with Crippen LogP contribution in [0.25, 0.3) is 0 Å². The molecule has 2 aromatic carbocycles. The summed E-state index contributed by atoms with van der Waals surface area (Å²) in [6, 6.07) is 10.3. The van der Waals surface area contributed by atoms with Crippen molar-refractivity contribution in [1.82, 2.24) is 0 Å². The zero-order valence-corrected chi connectivity index (χ0v) is 12.0. The first kappa shape index (κ1) is 14.3. The van der Waals surface area contributed by atoms with E-state index in [0.29, 0.717) is 5.02 Å². The summed E-state index contributed by atoms with van der Waals surface area (Å²) in [5, 5.41) is 11.4. The lowest BCUT2D eigenvalue weighted by Crippen LogP contribution is -2.01. The third kappa shape index (κ3) is 3.27. The van der Waals surface area contributed by atoms with Crippen molar-refractivity contribution >= 4 is 17.3 Å². The number of benzene rings is 2. The predicted molar refractivity (Wildman–Crippen MR) is 78.4 cm³/mol. The first-order valence-corrected chi connectivity index (χ1v) is 6.48. The number of aryl methyl sites for hydroxylation is 2. The van der Waals surface area contributed by atoms with E-state index in [2.05, 4.69) is 0 Å². The van der Waals surface area contributed by atoms with Gasteiger partial charge in [0.2, 0.25) is 0 Å². The summed E-state index contributed by atoms with van der Waals surface area (Å²) in [5.41, 5.74) is 3.12. The monoisotopic (exact) mass is 291 g/mol. The van der Waals surface area contributed by atoms with Gasteiger partial charge in [-0.05, 0) is 31.0 Å². The third-order valence-corrected chi connectivity index (χ3v) is 3.24. The summed E-state index contributed by atoms with van der Waals surface area (Å²) in [6.07, 6.45) is 0. The van der Waals surface area contributed by atoms with Crippen molar-refractivity contribution in [3.8, 4) is 5.75 Å². The Kier molecular flexibility index (Phi) is 4.25. The van der Waals surface area contributed by atoms with Gasteiger partial charge in [0, 0.05) is 17.2 Å². The van der Waals surface area contributed by atoms with Gasteiger partial charge in [-0.1, -0.05) is 35.4 Å². The number of nitro groups is 1. The minimum atomic E-state index is -0.477. The molecule has 0 unspecified atom stereocenters. The number of rotatable bonds is 4. The highest BCUT2D eigenvalue weighted by molar-refractivity contribution is 6.30. The Morgan fingerprint density at radius 2 is 1.95 bits per heavy atom. The van der Waals surface area contributed by atoms with E-state index in [4.69, 9.17) is 16.3 Å². The van der Waals surface area contributed by atoms with Crippen LogP contribution in [-0.2, 0) is 6.61 Å². The number of halogens is 1. The van der Waals surface area contributed by atoms with Gasteiger partial charge in [-0.3, -0.25) is 10.1 Å². The molecule has 0 saturated heterocycles. The molecule has 0 aromatic heterocycles. The van der Waals surface area contributed by atoms with E-state index in [0.717, 1.165) is 16.7 Å². The second-order valence-electron chi connectivity index (χ2n) is 4.59. The van der Waals surface area contributed by atoms with Crippen LogP contribution in [-0.4, -0.2) is 4.92 Å². The average Bonchev–Trinajstić information content (AvgIpc) is 2.39. The lowest BCUT2D eigenvalue weighted by atomic mass is 10.1. The first-order chi connectivity index (χ1) is 9.47. The first-order valence-electron chi connectivity index (χ1n) is 6.10. The van der Waals surface area contributed by atoms with Crippen molar-refractivity contribution in [2.75, 3.05) is 0 Å². The Labute approximate surface area is 122 Å². The second kappa shape index (κ2) is 5.92. The van der Waals surface area contributed by atoms with Gasteiger partial charge < -0.3 is 4.74 Å². The van der Waals surface area contributed by atoms with Crippen LogP contribution in [0.5, 0.6) is 5.75 Å². The van der Waals surface area contributed by atoms with Gasteiger partial charge in [-0.2, -0.15) is 0 Å². The Hall–Kier alpha value is -2.07. The maximum Gasteiger partial charge on any atom is 0.311 e. The molecular formula is C15H14ClNO3. The topological polar surface area (TPSA) is 52.4 Å². The van der Waals surface area contributed by atoms with Crippen LogP contribution in [0.3, 0.4) is 0 Å². The molecule has 0 heterocycles. The molecule has 0 atom stereocenters. The van der Waals surface area contributed by atoms with Crippen molar-refractivity contribution in [3.63, 3.8) is 0 Å². The van der Waals surface area contributed by atoms with Gasteiger partial charge in [-0.15, -0.1) is 0 Å². The predicted octanol–water partition coefficient (Wildman–Crippen LogP) is 4.44. The number of nitrogens with zero attached hydrogens (tertiary/aromatic N) is 1. The van der Waals surface area contributed by atoms with E-state index >= 15 is 0 Å². The zero-order valence-electron chi connectivity index (χ0n) is 11.2. The fourth-order valence-electron chi connectivity index (χ4n) is 1.87.